The minimum atomic E-state index is -1.03. The summed E-state index contributed by atoms with van der Waals surface area (Å²) in [5.41, 5.74) is 0.637. The van der Waals surface area contributed by atoms with Gasteiger partial charge in [0, 0.05) is 18.3 Å². The molecule has 0 unspecified atom stereocenters. The summed E-state index contributed by atoms with van der Waals surface area (Å²) in [6.07, 6.45) is 3.92. The molecule has 1 heterocycles. The molecule has 102 valence electrons. The van der Waals surface area contributed by atoms with Crippen LogP contribution in [0.3, 0.4) is 0 Å². The molecule has 1 N–H and O–H groups in total. The lowest BCUT2D eigenvalue weighted by Gasteiger charge is -2.06. The second-order valence-electron chi connectivity index (χ2n) is 3.78. The third kappa shape index (κ3) is 3.89. The number of carboxylic acids is 1. The zero-order chi connectivity index (χ0) is 14.5. The highest BCUT2D eigenvalue weighted by atomic mass is 79.9. The first kappa shape index (κ1) is 14.2. The number of pyridine rings is 1. The number of rotatable bonds is 4. The fourth-order valence-corrected chi connectivity index (χ4v) is 1.82. The minimum absolute atomic E-state index is 0.324. The molecule has 1 aromatic carbocycles. The lowest BCUT2D eigenvalue weighted by Crippen LogP contribution is -1.90. The highest BCUT2D eigenvalue weighted by Gasteiger charge is 2.04. The molecule has 1 aromatic heterocycles. The predicted octanol–water partition coefficient (Wildman–Crippen LogP) is 3.87. The van der Waals surface area contributed by atoms with E-state index < -0.39 is 5.97 Å². The van der Waals surface area contributed by atoms with Gasteiger partial charge in [-0.1, -0.05) is 0 Å². The summed E-state index contributed by atoms with van der Waals surface area (Å²) in [7, 11) is 0. The van der Waals surface area contributed by atoms with Gasteiger partial charge in [0.15, 0.2) is 0 Å². The molecule has 0 radical (unpaired) electrons. The van der Waals surface area contributed by atoms with E-state index in [1.54, 1.807) is 12.1 Å². The van der Waals surface area contributed by atoms with Crippen LogP contribution in [0.2, 0.25) is 0 Å². The zero-order valence-corrected chi connectivity index (χ0v) is 11.7. The number of hydrogen-bond acceptors (Lipinski definition) is 3. The average molecular weight is 338 g/mol. The summed E-state index contributed by atoms with van der Waals surface area (Å²) >= 11 is 3.19. The Morgan fingerprint density at radius 2 is 2.15 bits per heavy atom. The molecule has 0 atom stereocenters. The number of carboxylic acid groups (broad SMARTS) is 1. The van der Waals surface area contributed by atoms with Gasteiger partial charge in [-0.05, 0) is 51.8 Å². The van der Waals surface area contributed by atoms with Gasteiger partial charge in [-0.15, -0.1) is 0 Å². The van der Waals surface area contributed by atoms with E-state index in [1.807, 2.05) is 0 Å². The van der Waals surface area contributed by atoms with Crippen LogP contribution in [0.25, 0.3) is 6.08 Å². The molecule has 0 aliphatic rings. The van der Waals surface area contributed by atoms with Gasteiger partial charge in [0.05, 0.1) is 4.47 Å². The number of aliphatic carboxylic acids is 1. The Hall–Kier alpha value is -2.21. The van der Waals surface area contributed by atoms with Crippen LogP contribution in [-0.4, -0.2) is 16.1 Å². The fourth-order valence-electron chi connectivity index (χ4n) is 1.39. The number of aromatic nitrogens is 1. The summed E-state index contributed by atoms with van der Waals surface area (Å²) in [4.78, 5) is 14.4. The predicted molar refractivity (Wildman–Crippen MR) is 75.1 cm³/mol. The Balaban J connectivity index is 2.12. The monoisotopic (exact) mass is 337 g/mol. The van der Waals surface area contributed by atoms with Crippen LogP contribution in [0.1, 0.15) is 5.56 Å². The van der Waals surface area contributed by atoms with Crippen molar-refractivity contribution in [3.05, 3.63) is 58.5 Å². The topological polar surface area (TPSA) is 59.4 Å². The Labute approximate surface area is 122 Å². The van der Waals surface area contributed by atoms with Crippen LogP contribution in [0.4, 0.5) is 4.39 Å². The van der Waals surface area contributed by atoms with E-state index in [0.717, 1.165) is 6.08 Å². The quantitative estimate of drug-likeness (QED) is 0.860. The van der Waals surface area contributed by atoms with Crippen LogP contribution < -0.4 is 4.74 Å². The molecule has 6 heteroatoms. The largest absolute Gasteiger partial charge is 0.478 e. The molecular weight excluding hydrogens is 329 g/mol. The molecular formula is C14H9BrFNO3. The second-order valence-corrected chi connectivity index (χ2v) is 4.63. The van der Waals surface area contributed by atoms with Crippen molar-refractivity contribution in [2.75, 3.05) is 0 Å². The summed E-state index contributed by atoms with van der Waals surface area (Å²) < 4.78 is 18.9. The summed E-state index contributed by atoms with van der Waals surface area (Å²) in [6, 6.07) is 7.32. The van der Waals surface area contributed by atoms with Crippen LogP contribution in [0.15, 0.2) is 47.1 Å². The van der Waals surface area contributed by atoms with Crippen molar-refractivity contribution in [3.63, 3.8) is 0 Å². The lowest BCUT2D eigenvalue weighted by atomic mass is 10.2. The smallest absolute Gasteiger partial charge is 0.328 e. The maximum absolute atomic E-state index is 12.9. The second kappa shape index (κ2) is 6.29. The number of halogens is 2. The van der Waals surface area contributed by atoms with Crippen molar-refractivity contribution in [1.82, 2.24) is 4.98 Å². The molecule has 0 saturated heterocycles. The van der Waals surface area contributed by atoms with Crippen molar-refractivity contribution >= 4 is 28.0 Å². The standard InChI is InChI=1S/C14H9BrFNO3/c15-11-7-10(16)3-4-12(11)20-13-5-1-9(8-17-13)2-6-14(18)19/h1-8H,(H,18,19)/b6-2+. The first-order valence-electron chi connectivity index (χ1n) is 5.54. The van der Waals surface area contributed by atoms with E-state index in [1.165, 1.54) is 30.5 Å². The zero-order valence-electron chi connectivity index (χ0n) is 10.1. The third-order valence-corrected chi connectivity index (χ3v) is 2.91. The Morgan fingerprint density at radius 1 is 1.35 bits per heavy atom. The number of hydrogen-bond donors (Lipinski definition) is 1. The SMILES string of the molecule is O=C(O)/C=C/c1ccc(Oc2ccc(F)cc2Br)nc1. The van der Waals surface area contributed by atoms with Crippen molar-refractivity contribution in [2.24, 2.45) is 0 Å². The molecule has 0 bridgehead atoms. The van der Waals surface area contributed by atoms with Crippen LogP contribution in [-0.2, 0) is 4.79 Å². The van der Waals surface area contributed by atoms with Crippen molar-refractivity contribution < 1.29 is 19.0 Å². The van der Waals surface area contributed by atoms with Gasteiger partial charge in [0.25, 0.3) is 0 Å². The maximum Gasteiger partial charge on any atom is 0.328 e. The van der Waals surface area contributed by atoms with Crippen LogP contribution in [0.5, 0.6) is 11.6 Å². The molecule has 20 heavy (non-hydrogen) atoms. The van der Waals surface area contributed by atoms with Gasteiger partial charge >= 0.3 is 5.97 Å². The van der Waals surface area contributed by atoms with E-state index in [0.29, 0.717) is 21.7 Å². The van der Waals surface area contributed by atoms with Gasteiger partial charge in [-0.2, -0.15) is 0 Å². The number of benzene rings is 1. The number of nitrogens with zero attached hydrogens (tertiary/aromatic N) is 1. The third-order valence-electron chi connectivity index (χ3n) is 2.29. The maximum atomic E-state index is 12.9. The van der Waals surface area contributed by atoms with E-state index >= 15 is 0 Å². The number of ether oxygens (including phenoxy) is 1. The Bertz CT molecular complexity index is 656. The van der Waals surface area contributed by atoms with Gasteiger partial charge in [0.2, 0.25) is 5.88 Å². The molecule has 4 nitrogen and oxygen atoms in total. The van der Waals surface area contributed by atoms with Crippen molar-refractivity contribution in [3.8, 4) is 11.6 Å². The summed E-state index contributed by atoms with van der Waals surface area (Å²) in [5.74, 6) is -0.635. The van der Waals surface area contributed by atoms with Gasteiger partial charge < -0.3 is 9.84 Å². The highest BCUT2D eigenvalue weighted by Crippen LogP contribution is 2.29. The molecule has 2 aromatic rings. The molecule has 0 aliphatic carbocycles. The highest BCUT2D eigenvalue weighted by molar-refractivity contribution is 9.10. The molecule has 0 saturated carbocycles. The first-order chi connectivity index (χ1) is 9.54. The fraction of sp³-hybridized carbons (Fsp3) is 0. The molecule has 0 spiro atoms. The molecule has 0 fully saturated rings. The normalized spacial score (nSPS) is 10.7. The molecule has 0 amide bonds. The van der Waals surface area contributed by atoms with Gasteiger partial charge in [0.1, 0.15) is 11.6 Å². The van der Waals surface area contributed by atoms with E-state index in [9.17, 15) is 9.18 Å². The first-order valence-corrected chi connectivity index (χ1v) is 6.34. The lowest BCUT2D eigenvalue weighted by molar-refractivity contribution is -0.131. The summed E-state index contributed by atoms with van der Waals surface area (Å²) in [5, 5.41) is 8.51. The number of carbonyl (C=O) groups is 1. The van der Waals surface area contributed by atoms with Crippen molar-refractivity contribution in [1.29, 1.82) is 0 Å². The van der Waals surface area contributed by atoms with Crippen LogP contribution >= 0.6 is 15.9 Å². The Kier molecular flexibility index (Phi) is 4.47. The molecule has 0 aliphatic heterocycles. The summed E-state index contributed by atoms with van der Waals surface area (Å²) in [6.45, 7) is 0. The van der Waals surface area contributed by atoms with Gasteiger partial charge in [-0.3, -0.25) is 0 Å². The van der Waals surface area contributed by atoms with Crippen molar-refractivity contribution in [2.45, 2.75) is 0 Å². The van der Waals surface area contributed by atoms with E-state index in [4.69, 9.17) is 9.84 Å². The van der Waals surface area contributed by atoms with E-state index in [2.05, 4.69) is 20.9 Å². The van der Waals surface area contributed by atoms with Crippen LogP contribution in [0, 0.1) is 5.82 Å². The van der Waals surface area contributed by atoms with Gasteiger partial charge in [-0.25, -0.2) is 14.2 Å². The minimum Gasteiger partial charge on any atom is -0.478 e. The Morgan fingerprint density at radius 3 is 2.75 bits per heavy atom. The average Bonchev–Trinajstić information content (AvgIpc) is 2.41. The van der Waals surface area contributed by atoms with E-state index in [-0.39, 0.29) is 5.82 Å². The molecule has 2 rings (SSSR count).